The molecule has 0 bridgehead atoms. The molecule has 6 heteroatoms. The Hall–Kier alpha value is -1.53. The molecule has 0 amide bonds. The van der Waals surface area contributed by atoms with Crippen molar-refractivity contribution in [2.45, 2.75) is 0 Å². The van der Waals surface area contributed by atoms with Gasteiger partial charge in [-0.3, -0.25) is 0 Å². The summed E-state index contributed by atoms with van der Waals surface area (Å²) in [4.78, 5) is 4.24. The number of likely N-dealkylation sites (N-methyl/N-ethyl adjacent to an activating group) is 2. The van der Waals surface area contributed by atoms with Crippen molar-refractivity contribution in [1.29, 1.82) is 0 Å². The van der Waals surface area contributed by atoms with Crippen LogP contribution in [0.4, 0.5) is 0 Å². The zero-order chi connectivity index (χ0) is 17.8. The van der Waals surface area contributed by atoms with Crippen molar-refractivity contribution in [2.75, 3.05) is 54.5 Å². The highest BCUT2D eigenvalue weighted by molar-refractivity contribution is 7.25. The topological polar surface area (TPSA) is 24.9 Å². The Labute approximate surface area is 165 Å². The molecule has 0 atom stereocenters. The number of rotatable bonds is 8. The van der Waals surface area contributed by atoms with Crippen molar-refractivity contribution in [3.05, 3.63) is 36.4 Å². The van der Waals surface area contributed by atoms with Gasteiger partial charge in [0.15, 0.2) is 0 Å². The van der Waals surface area contributed by atoms with Crippen LogP contribution >= 0.6 is 23.7 Å². The summed E-state index contributed by atoms with van der Waals surface area (Å²) in [6.45, 7) is 3.21. The first kappa shape index (κ1) is 20.8. The maximum absolute atomic E-state index is 5.89. The minimum atomic E-state index is 0. The number of nitrogens with zero attached hydrogens (tertiary/aromatic N) is 2. The summed E-state index contributed by atoms with van der Waals surface area (Å²) >= 11 is 1.81. The molecule has 3 rings (SSSR count). The lowest BCUT2D eigenvalue weighted by Crippen LogP contribution is -2.19. The molecule has 0 saturated heterocycles. The molecule has 142 valence electrons. The number of halogens is 1. The lowest BCUT2D eigenvalue weighted by Gasteiger charge is -2.11. The van der Waals surface area contributed by atoms with E-state index >= 15 is 0 Å². The second kappa shape index (κ2) is 9.42. The Balaban J connectivity index is 0.00000243. The van der Waals surface area contributed by atoms with Crippen LogP contribution in [0.2, 0.25) is 0 Å². The van der Waals surface area contributed by atoms with Crippen LogP contribution in [-0.4, -0.2) is 64.3 Å². The fourth-order valence-corrected chi connectivity index (χ4v) is 3.67. The molecule has 0 aliphatic heterocycles. The minimum absolute atomic E-state index is 0. The summed E-state index contributed by atoms with van der Waals surface area (Å²) in [6.07, 6.45) is 0. The van der Waals surface area contributed by atoms with Gasteiger partial charge in [0.05, 0.1) is 0 Å². The molecule has 1 aromatic heterocycles. The van der Waals surface area contributed by atoms with E-state index in [1.807, 2.05) is 11.3 Å². The number of ether oxygens (including phenoxy) is 2. The second-order valence-electron chi connectivity index (χ2n) is 6.72. The smallest absolute Gasteiger partial charge is 0.120 e. The van der Waals surface area contributed by atoms with Gasteiger partial charge in [-0.15, -0.1) is 23.7 Å². The molecule has 0 aliphatic rings. The molecule has 4 nitrogen and oxygen atoms in total. The molecule has 0 spiro atoms. The minimum Gasteiger partial charge on any atom is -0.492 e. The number of hydrogen-bond donors (Lipinski definition) is 0. The van der Waals surface area contributed by atoms with Gasteiger partial charge >= 0.3 is 0 Å². The third kappa shape index (κ3) is 5.24. The van der Waals surface area contributed by atoms with Crippen LogP contribution in [0, 0.1) is 0 Å². The Morgan fingerprint density at radius 2 is 1.15 bits per heavy atom. The van der Waals surface area contributed by atoms with Crippen LogP contribution in [0.5, 0.6) is 11.5 Å². The molecule has 0 saturated carbocycles. The van der Waals surface area contributed by atoms with E-state index in [1.165, 1.54) is 20.2 Å². The predicted octanol–water partition coefficient (Wildman–Crippen LogP) is 4.36. The summed E-state index contributed by atoms with van der Waals surface area (Å²) in [5.41, 5.74) is 0. The summed E-state index contributed by atoms with van der Waals surface area (Å²) in [7, 11) is 8.21. The zero-order valence-corrected chi connectivity index (χ0v) is 17.5. The summed E-state index contributed by atoms with van der Waals surface area (Å²) < 4.78 is 14.3. The third-order valence-corrected chi connectivity index (χ3v) is 5.18. The molecule has 0 aliphatic carbocycles. The molecular weight excluding hydrogens is 368 g/mol. The molecule has 3 aromatic rings. The number of benzene rings is 2. The van der Waals surface area contributed by atoms with Crippen molar-refractivity contribution in [3.8, 4) is 11.5 Å². The molecule has 26 heavy (non-hydrogen) atoms. The molecule has 1 heterocycles. The van der Waals surface area contributed by atoms with Gasteiger partial charge in [0, 0.05) is 33.3 Å². The summed E-state index contributed by atoms with van der Waals surface area (Å²) in [5.74, 6) is 1.85. The average Bonchev–Trinajstić information content (AvgIpc) is 2.92. The average molecular weight is 395 g/mol. The molecule has 0 unspecified atom stereocenters. The Morgan fingerprint density at radius 1 is 0.731 bits per heavy atom. The SMILES string of the molecule is CN(C)CCOc1ccc2sc3ccc(OCCN(C)C)cc3c2c1.Cl. The van der Waals surface area contributed by atoms with Crippen LogP contribution in [0.25, 0.3) is 20.2 Å². The van der Waals surface area contributed by atoms with Crippen LogP contribution < -0.4 is 9.47 Å². The molecule has 0 fully saturated rings. The molecule has 0 radical (unpaired) electrons. The lowest BCUT2D eigenvalue weighted by molar-refractivity contribution is 0.261. The van der Waals surface area contributed by atoms with Gasteiger partial charge < -0.3 is 19.3 Å². The van der Waals surface area contributed by atoms with Gasteiger partial charge in [0.1, 0.15) is 24.7 Å². The molecule has 0 N–H and O–H groups in total. The van der Waals surface area contributed by atoms with Crippen LogP contribution in [-0.2, 0) is 0 Å². The van der Waals surface area contributed by atoms with Crippen molar-refractivity contribution in [3.63, 3.8) is 0 Å². The van der Waals surface area contributed by atoms with E-state index in [4.69, 9.17) is 9.47 Å². The second-order valence-corrected chi connectivity index (χ2v) is 7.81. The van der Waals surface area contributed by atoms with Gasteiger partial charge in [-0.2, -0.15) is 0 Å². The fourth-order valence-electron chi connectivity index (χ4n) is 2.61. The Kier molecular flexibility index (Phi) is 7.53. The number of fused-ring (bicyclic) bond motifs is 3. The third-order valence-electron chi connectivity index (χ3n) is 4.03. The van der Waals surface area contributed by atoms with E-state index in [0.717, 1.165) is 24.6 Å². The van der Waals surface area contributed by atoms with Gasteiger partial charge in [-0.25, -0.2) is 0 Å². The van der Waals surface area contributed by atoms with E-state index in [-0.39, 0.29) is 12.4 Å². The fraction of sp³-hybridized carbons (Fsp3) is 0.400. The summed E-state index contributed by atoms with van der Waals surface area (Å²) in [6, 6.07) is 12.7. The van der Waals surface area contributed by atoms with Gasteiger partial charge in [-0.1, -0.05) is 0 Å². The first-order valence-corrected chi connectivity index (χ1v) is 9.36. The maximum atomic E-state index is 5.89. The van der Waals surface area contributed by atoms with E-state index in [1.54, 1.807) is 0 Å². The maximum Gasteiger partial charge on any atom is 0.120 e. The molecular formula is C20H27ClN2O2S. The van der Waals surface area contributed by atoms with E-state index in [2.05, 4.69) is 74.4 Å². The zero-order valence-electron chi connectivity index (χ0n) is 15.8. The lowest BCUT2D eigenvalue weighted by atomic mass is 10.1. The van der Waals surface area contributed by atoms with E-state index in [0.29, 0.717) is 13.2 Å². The van der Waals surface area contributed by atoms with Gasteiger partial charge in [0.2, 0.25) is 0 Å². The first-order valence-electron chi connectivity index (χ1n) is 8.54. The highest BCUT2D eigenvalue weighted by Gasteiger charge is 2.08. The van der Waals surface area contributed by atoms with Crippen molar-refractivity contribution in [2.24, 2.45) is 0 Å². The van der Waals surface area contributed by atoms with Crippen LogP contribution in [0.3, 0.4) is 0 Å². The largest absolute Gasteiger partial charge is 0.492 e. The quantitative estimate of drug-likeness (QED) is 0.566. The standard InChI is InChI=1S/C20H26N2O2S.ClH/c1-21(2)9-11-23-15-5-7-19-17(13-15)18-14-16(6-8-20(18)25-19)24-12-10-22(3)4;/h5-8,13-14H,9-12H2,1-4H3;1H. The van der Waals surface area contributed by atoms with Crippen molar-refractivity contribution < 1.29 is 9.47 Å². The van der Waals surface area contributed by atoms with Crippen LogP contribution in [0.15, 0.2) is 36.4 Å². The summed E-state index contributed by atoms with van der Waals surface area (Å²) in [5, 5.41) is 2.47. The normalized spacial score (nSPS) is 11.3. The van der Waals surface area contributed by atoms with Crippen LogP contribution in [0.1, 0.15) is 0 Å². The molecule has 2 aromatic carbocycles. The van der Waals surface area contributed by atoms with Crippen molar-refractivity contribution >= 4 is 43.9 Å². The van der Waals surface area contributed by atoms with E-state index < -0.39 is 0 Å². The Bertz CT molecular complexity index is 780. The predicted molar refractivity (Wildman–Crippen MR) is 115 cm³/mol. The van der Waals surface area contributed by atoms with Crippen molar-refractivity contribution in [1.82, 2.24) is 9.80 Å². The van der Waals surface area contributed by atoms with Gasteiger partial charge in [0.25, 0.3) is 0 Å². The van der Waals surface area contributed by atoms with E-state index in [9.17, 15) is 0 Å². The Morgan fingerprint density at radius 3 is 1.54 bits per heavy atom. The number of thiophene rings is 1. The highest BCUT2D eigenvalue weighted by Crippen LogP contribution is 2.37. The monoisotopic (exact) mass is 394 g/mol. The first-order chi connectivity index (χ1) is 12.0. The highest BCUT2D eigenvalue weighted by atomic mass is 35.5. The van der Waals surface area contributed by atoms with Gasteiger partial charge in [-0.05, 0) is 64.6 Å². The number of hydrogen-bond acceptors (Lipinski definition) is 5.